The Labute approximate surface area is 180 Å². The number of amides is 1. The zero-order valence-corrected chi connectivity index (χ0v) is 17.7. The second kappa shape index (κ2) is 9.77. The molecule has 9 heteroatoms. The molecule has 0 saturated heterocycles. The van der Waals surface area contributed by atoms with Gasteiger partial charge in [0.2, 0.25) is 0 Å². The van der Waals surface area contributed by atoms with Crippen LogP contribution in [0.1, 0.15) is 15.9 Å². The summed E-state index contributed by atoms with van der Waals surface area (Å²) in [5.41, 5.74) is 3.68. The predicted octanol–water partition coefficient (Wildman–Crippen LogP) is 3.27. The molecule has 3 aromatic rings. The van der Waals surface area contributed by atoms with Gasteiger partial charge in [-0.05, 0) is 72.3 Å². The van der Waals surface area contributed by atoms with Gasteiger partial charge in [0.05, 0.1) is 25.3 Å². The summed E-state index contributed by atoms with van der Waals surface area (Å²) in [5.74, 6) is 0.783. The first kappa shape index (κ1) is 21.8. The van der Waals surface area contributed by atoms with E-state index in [0.717, 1.165) is 5.56 Å². The van der Waals surface area contributed by atoms with Crippen LogP contribution < -0.4 is 19.6 Å². The third kappa shape index (κ3) is 5.83. The molecule has 2 N–H and O–H groups in total. The van der Waals surface area contributed by atoms with Gasteiger partial charge in [0.15, 0.2) is 0 Å². The number of hydrazone groups is 1. The fourth-order valence-corrected chi connectivity index (χ4v) is 3.70. The molecule has 31 heavy (non-hydrogen) atoms. The molecule has 0 aliphatic carbocycles. The molecule has 0 aliphatic heterocycles. The van der Waals surface area contributed by atoms with Crippen molar-refractivity contribution < 1.29 is 22.7 Å². The molecule has 0 saturated carbocycles. The van der Waals surface area contributed by atoms with Crippen molar-refractivity contribution in [2.75, 3.05) is 18.9 Å². The smallest absolute Gasteiger partial charge is 0.271 e. The van der Waals surface area contributed by atoms with Gasteiger partial charge in [0, 0.05) is 11.3 Å². The number of nitrogens with zero attached hydrogens (tertiary/aromatic N) is 1. The number of hydrogen-bond donors (Lipinski definition) is 2. The van der Waals surface area contributed by atoms with Crippen LogP contribution in [0.4, 0.5) is 5.69 Å². The fourth-order valence-electron chi connectivity index (χ4n) is 2.60. The monoisotopic (exact) mass is 439 g/mol. The van der Waals surface area contributed by atoms with E-state index in [1.165, 1.54) is 37.6 Å². The van der Waals surface area contributed by atoms with E-state index < -0.39 is 15.9 Å². The van der Waals surface area contributed by atoms with Gasteiger partial charge in [0.25, 0.3) is 15.9 Å². The van der Waals surface area contributed by atoms with Crippen molar-refractivity contribution in [1.29, 1.82) is 0 Å². The van der Waals surface area contributed by atoms with Crippen LogP contribution in [-0.4, -0.2) is 34.8 Å². The third-order valence-corrected chi connectivity index (χ3v) is 5.62. The number of benzene rings is 3. The number of ether oxygens (including phenoxy) is 2. The number of hydrogen-bond acceptors (Lipinski definition) is 6. The average Bonchev–Trinajstić information content (AvgIpc) is 2.80. The number of nitrogens with one attached hydrogen (secondary N) is 2. The normalized spacial score (nSPS) is 11.2. The summed E-state index contributed by atoms with van der Waals surface area (Å²) in [6.07, 6.45) is 1.48. The predicted molar refractivity (Wildman–Crippen MR) is 118 cm³/mol. The molecule has 0 heterocycles. The zero-order chi connectivity index (χ0) is 22.3. The molecule has 3 aromatic carbocycles. The van der Waals surface area contributed by atoms with Gasteiger partial charge < -0.3 is 9.47 Å². The van der Waals surface area contributed by atoms with Crippen molar-refractivity contribution in [3.8, 4) is 11.5 Å². The van der Waals surface area contributed by atoms with E-state index in [4.69, 9.17) is 9.47 Å². The van der Waals surface area contributed by atoms with E-state index in [-0.39, 0.29) is 10.5 Å². The topological polar surface area (TPSA) is 106 Å². The molecule has 160 valence electrons. The van der Waals surface area contributed by atoms with E-state index in [2.05, 4.69) is 15.2 Å². The van der Waals surface area contributed by atoms with Crippen LogP contribution in [0.3, 0.4) is 0 Å². The Morgan fingerprint density at radius 3 is 2.13 bits per heavy atom. The molecule has 0 unspecified atom stereocenters. The molecule has 8 nitrogen and oxygen atoms in total. The van der Waals surface area contributed by atoms with Crippen LogP contribution in [0.25, 0.3) is 0 Å². The Morgan fingerprint density at radius 2 is 1.52 bits per heavy atom. The molecular formula is C22H21N3O5S. The summed E-state index contributed by atoms with van der Waals surface area (Å²) in [4.78, 5) is 12.3. The minimum absolute atomic E-state index is 0.0462. The van der Waals surface area contributed by atoms with E-state index in [9.17, 15) is 13.2 Å². The van der Waals surface area contributed by atoms with Crippen LogP contribution in [0.5, 0.6) is 11.5 Å². The summed E-state index contributed by atoms with van der Waals surface area (Å²) >= 11 is 0. The molecule has 0 bridgehead atoms. The largest absolute Gasteiger partial charge is 0.497 e. The van der Waals surface area contributed by atoms with E-state index in [0.29, 0.717) is 17.2 Å². The lowest BCUT2D eigenvalue weighted by Gasteiger charge is -2.09. The summed E-state index contributed by atoms with van der Waals surface area (Å²) in [7, 11) is -0.782. The van der Waals surface area contributed by atoms with Crippen molar-refractivity contribution in [2.45, 2.75) is 4.90 Å². The number of carbonyl (C=O) groups excluding carboxylic acids is 1. The maximum absolute atomic E-state index is 12.7. The van der Waals surface area contributed by atoms with Gasteiger partial charge in [-0.15, -0.1) is 0 Å². The Morgan fingerprint density at radius 1 is 0.903 bits per heavy atom. The van der Waals surface area contributed by atoms with Gasteiger partial charge in [0.1, 0.15) is 11.5 Å². The van der Waals surface area contributed by atoms with Crippen molar-refractivity contribution in [1.82, 2.24) is 5.43 Å². The lowest BCUT2D eigenvalue weighted by molar-refractivity contribution is 0.0955. The summed E-state index contributed by atoms with van der Waals surface area (Å²) < 4.78 is 37.9. The standard InChI is InChI=1S/C22H21N3O5S/c1-29-19-10-6-16(7-11-19)15-23-24-22(26)17-4-3-5-21(14-17)31(27,28)25-18-8-12-20(30-2)13-9-18/h3-15,25H,1-2H3,(H,24,26)/b23-15+. The Hall–Kier alpha value is -3.85. The highest BCUT2D eigenvalue weighted by Gasteiger charge is 2.16. The Balaban J connectivity index is 1.68. The first-order valence-electron chi connectivity index (χ1n) is 9.16. The number of sulfonamides is 1. The number of anilines is 1. The fraction of sp³-hybridized carbons (Fsp3) is 0.0909. The molecule has 0 spiro atoms. The molecule has 1 amide bonds. The average molecular weight is 439 g/mol. The second-order valence-electron chi connectivity index (χ2n) is 6.33. The van der Waals surface area contributed by atoms with Gasteiger partial charge >= 0.3 is 0 Å². The van der Waals surface area contributed by atoms with Gasteiger partial charge in [-0.2, -0.15) is 5.10 Å². The van der Waals surface area contributed by atoms with Crippen LogP contribution in [0.15, 0.2) is 82.8 Å². The molecule has 0 atom stereocenters. The van der Waals surface area contributed by atoms with Crippen molar-refractivity contribution >= 4 is 27.8 Å². The quantitative estimate of drug-likeness (QED) is 0.414. The number of rotatable bonds is 8. The first-order valence-corrected chi connectivity index (χ1v) is 10.6. The summed E-state index contributed by atoms with van der Waals surface area (Å²) in [6, 6.07) is 19.2. The van der Waals surface area contributed by atoms with E-state index in [1.54, 1.807) is 55.6 Å². The minimum Gasteiger partial charge on any atom is -0.497 e. The van der Waals surface area contributed by atoms with Crippen LogP contribution in [0, 0.1) is 0 Å². The van der Waals surface area contributed by atoms with Crippen LogP contribution in [-0.2, 0) is 10.0 Å². The summed E-state index contributed by atoms with van der Waals surface area (Å²) in [6.45, 7) is 0. The Bertz CT molecular complexity index is 1170. The number of methoxy groups -OCH3 is 2. The highest BCUT2D eigenvalue weighted by molar-refractivity contribution is 7.92. The highest BCUT2D eigenvalue weighted by Crippen LogP contribution is 2.20. The highest BCUT2D eigenvalue weighted by atomic mass is 32.2. The van der Waals surface area contributed by atoms with Gasteiger partial charge in [-0.1, -0.05) is 6.07 Å². The molecule has 0 aliphatic rings. The van der Waals surface area contributed by atoms with Crippen molar-refractivity contribution in [2.24, 2.45) is 5.10 Å². The molecule has 0 aromatic heterocycles. The molecular weight excluding hydrogens is 418 g/mol. The van der Waals surface area contributed by atoms with Gasteiger partial charge in [-0.3, -0.25) is 9.52 Å². The molecule has 0 fully saturated rings. The Kier molecular flexibility index (Phi) is 6.88. The lowest BCUT2D eigenvalue weighted by Crippen LogP contribution is -2.19. The molecule has 0 radical (unpaired) electrons. The second-order valence-corrected chi connectivity index (χ2v) is 8.02. The lowest BCUT2D eigenvalue weighted by atomic mass is 10.2. The summed E-state index contributed by atoms with van der Waals surface area (Å²) in [5, 5.41) is 3.91. The number of carbonyl (C=O) groups is 1. The first-order chi connectivity index (χ1) is 14.9. The van der Waals surface area contributed by atoms with E-state index in [1.807, 2.05) is 0 Å². The minimum atomic E-state index is -3.88. The molecule has 3 rings (SSSR count). The van der Waals surface area contributed by atoms with Gasteiger partial charge in [-0.25, -0.2) is 13.8 Å². The van der Waals surface area contributed by atoms with Crippen LogP contribution in [0.2, 0.25) is 0 Å². The SMILES string of the molecule is COc1ccc(/C=N/NC(=O)c2cccc(S(=O)(=O)Nc3ccc(OC)cc3)c2)cc1. The van der Waals surface area contributed by atoms with E-state index >= 15 is 0 Å². The van der Waals surface area contributed by atoms with Crippen molar-refractivity contribution in [3.63, 3.8) is 0 Å². The van der Waals surface area contributed by atoms with Crippen LogP contribution >= 0.6 is 0 Å². The zero-order valence-electron chi connectivity index (χ0n) is 16.9. The maximum atomic E-state index is 12.7. The van der Waals surface area contributed by atoms with Crippen molar-refractivity contribution in [3.05, 3.63) is 83.9 Å². The third-order valence-electron chi connectivity index (χ3n) is 4.24. The maximum Gasteiger partial charge on any atom is 0.271 e.